The van der Waals surface area contributed by atoms with Gasteiger partial charge in [-0.25, -0.2) is 0 Å². The van der Waals surface area contributed by atoms with Crippen LogP contribution in [0.2, 0.25) is 5.02 Å². The number of rotatable bonds is 1. The summed E-state index contributed by atoms with van der Waals surface area (Å²) in [5.74, 6) is 0.514. The van der Waals surface area contributed by atoms with Gasteiger partial charge in [0.2, 0.25) is 0 Å². The second-order valence-electron chi connectivity index (χ2n) is 3.84. The summed E-state index contributed by atoms with van der Waals surface area (Å²) in [7, 11) is 0. The Morgan fingerprint density at radius 3 is 2.79 bits per heavy atom. The summed E-state index contributed by atoms with van der Waals surface area (Å²) in [5.41, 5.74) is 7.42. The molecule has 0 amide bonds. The van der Waals surface area contributed by atoms with E-state index in [1.165, 1.54) is 22.0 Å². The summed E-state index contributed by atoms with van der Waals surface area (Å²) < 4.78 is 1.18. The Hall–Kier alpha value is 0.200. The molecular weight excluding hydrogens is 308 g/mol. The molecule has 2 N–H and O–H groups in total. The van der Waals surface area contributed by atoms with E-state index >= 15 is 0 Å². The van der Waals surface area contributed by atoms with Crippen molar-refractivity contribution >= 4 is 34.2 Å². The monoisotopic (exact) mass is 321 g/mol. The Morgan fingerprint density at radius 2 is 2.14 bits per heavy atom. The smallest absolute Gasteiger partial charge is 0.0542 e. The first-order chi connectivity index (χ1) is 6.70. The third kappa shape index (κ3) is 1.92. The van der Waals surface area contributed by atoms with E-state index in [2.05, 4.69) is 28.7 Å². The molecule has 76 valence electrons. The normalized spacial score (nSPS) is 26.8. The van der Waals surface area contributed by atoms with E-state index in [0.717, 1.165) is 11.4 Å². The summed E-state index contributed by atoms with van der Waals surface area (Å²) in [6.07, 6.45) is 3.60. The SMILES string of the molecule is NC1CCCC1c1cccc(Cl)c1I. The molecule has 14 heavy (non-hydrogen) atoms. The Labute approximate surface area is 103 Å². The molecule has 0 spiro atoms. The number of hydrogen-bond donors (Lipinski definition) is 1. The quantitative estimate of drug-likeness (QED) is 0.787. The van der Waals surface area contributed by atoms with Crippen molar-refractivity contribution < 1.29 is 0 Å². The number of benzene rings is 1. The predicted octanol–water partition coefficient (Wildman–Crippen LogP) is 3.54. The third-order valence-corrected chi connectivity index (χ3v) is 4.79. The number of nitrogens with two attached hydrogens (primary N) is 1. The van der Waals surface area contributed by atoms with Gasteiger partial charge in [-0.1, -0.05) is 30.2 Å². The van der Waals surface area contributed by atoms with Crippen LogP contribution in [0.3, 0.4) is 0 Å². The van der Waals surface area contributed by atoms with Crippen LogP contribution in [0.4, 0.5) is 0 Å². The maximum absolute atomic E-state index is 6.09. The van der Waals surface area contributed by atoms with E-state index in [-0.39, 0.29) is 0 Å². The molecule has 0 bridgehead atoms. The summed E-state index contributed by atoms with van der Waals surface area (Å²) in [4.78, 5) is 0. The first-order valence-corrected chi connectivity index (χ1v) is 6.35. The van der Waals surface area contributed by atoms with Crippen molar-refractivity contribution in [2.75, 3.05) is 0 Å². The highest BCUT2D eigenvalue weighted by Crippen LogP contribution is 2.37. The first kappa shape index (κ1) is 10.7. The number of halogens is 2. The van der Waals surface area contributed by atoms with Crippen LogP contribution in [-0.2, 0) is 0 Å². The van der Waals surface area contributed by atoms with E-state index in [9.17, 15) is 0 Å². The maximum Gasteiger partial charge on any atom is 0.0542 e. The Morgan fingerprint density at radius 1 is 1.36 bits per heavy atom. The van der Waals surface area contributed by atoms with E-state index in [1.807, 2.05) is 12.1 Å². The standard InChI is InChI=1S/C11H13ClIN/c12-9-5-1-4-8(11(9)13)7-3-2-6-10(7)14/h1,4-5,7,10H,2-3,6,14H2. The highest BCUT2D eigenvalue weighted by molar-refractivity contribution is 14.1. The van der Waals surface area contributed by atoms with Crippen molar-refractivity contribution in [3.8, 4) is 0 Å². The minimum Gasteiger partial charge on any atom is -0.327 e. The first-order valence-electron chi connectivity index (χ1n) is 4.89. The molecule has 1 aromatic carbocycles. The molecule has 1 saturated carbocycles. The summed E-state index contributed by atoms with van der Waals surface area (Å²) in [5, 5.41) is 0.849. The van der Waals surface area contributed by atoms with E-state index in [4.69, 9.17) is 17.3 Å². The lowest BCUT2D eigenvalue weighted by molar-refractivity contribution is 0.611. The van der Waals surface area contributed by atoms with Crippen LogP contribution in [-0.4, -0.2) is 6.04 Å². The minimum atomic E-state index is 0.321. The van der Waals surface area contributed by atoms with Crippen LogP contribution in [0.5, 0.6) is 0 Å². The third-order valence-electron chi connectivity index (χ3n) is 2.95. The molecule has 2 rings (SSSR count). The van der Waals surface area contributed by atoms with Gasteiger partial charge < -0.3 is 5.73 Å². The lowest BCUT2D eigenvalue weighted by Crippen LogP contribution is -2.23. The van der Waals surface area contributed by atoms with Gasteiger partial charge in [-0.15, -0.1) is 0 Å². The molecule has 1 aliphatic carbocycles. The van der Waals surface area contributed by atoms with E-state index in [0.29, 0.717) is 12.0 Å². The minimum absolute atomic E-state index is 0.321. The highest BCUT2D eigenvalue weighted by Gasteiger charge is 2.27. The summed E-state index contributed by atoms with van der Waals surface area (Å²) >= 11 is 8.41. The Bertz CT molecular complexity index is 340. The predicted molar refractivity (Wildman–Crippen MR) is 68.7 cm³/mol. The van der Waals surface area contributed by atoms with Crippen molar-refractivity contribution in [1.29, 1.82) is 0 Å². The lowest BCUT2D eigenvalue weighted by Gasteiger charge is -2.17. The largest absolute Gasteiger partial charge is 0.327 e. The van der Waals surface area contributed by atoms with Crippen LogP contribution in [0.25, 0.3) is 0 Å². The van der Waals surface area contributed by atoms with Gasteiger partial charge in [0, 0.05) is 15.5 Å². The van der Waals surface area contributed by atoms with Gasteiger partial charge in [0.1, 0.15) is 0 Å². The van der Waals surface area contributed by atoms with Gasteiger partial charge in [0.15, 0.2) is 0 Å². The maximum atomic E-state index is 6.09. The van der Waals surface area contributed by atoms with Gasteiger partial charge in [-0.05, 0) is 47.1 Å². The van der Waals surface area contributed by atoms with Crippen LogP contribution in [0.1, 0.15) is 30.7 Å². The summed E-state index contributed by atoms with van der Waals surface area (Å²) in [6, 6.07) is 6.43. The molecule has 1 aromatic rings. The summed E-state index contributed by atoms with van der Waals surface area (Å²) in [6.45, 7) is 0. The fourth-order valence-corrected chi connectivity index (χ4v) is 3.12. The molecule has 2 unspecified atom stereocenters. The van der Waals surface area contributed by atoms with Crippen molar-refractivity contribution in [3.05, 3.63) is 32.4 Å². The molecule has 0 heterocycles. The average Bonchev–Trinajstić information content (AvgIpc) is 2.57. The second kappa shape index (κ2) is 4.37. The molecule has 0 saturated heterocycles. The van der Waals surface area contributed by atoms with Crippen LogP contribution in [0, 0.1) is 3.57 Å². The van der Waals surface area contributed by atoms with E-state index < -0.39 is 0 Å². The fourth-order valence-electron chi connectivity index (χ4n) is 2.18. The Kier molecular flexibility index (Phi) is 3.34. The Balaban J connectivity index is 2.36. The molecule has 0 aliphatic heterocycles. The topological polar surface area (TPSA) is 26.0 Å². The van der Waals surface area contributed by atoms with Gasteiger partial charge in [0.05, 0.1) is 5.02 Å². The molecule has 2 atom stereocenters. The van der Waals surface area contributed by atoms with Crippen molar-refractivity contribution in [2.24, 2.45) is 5.73 Å². The van der Waals surface area contributed by atoms with Crippen molar-refractivity contribution in [3.63, 3.8) is 0 Å². The molecule has 0 aromatic heterocycles. The highest BCUT2D eigenvalue weighted by atomic mass is 127. The van der Waals surface area contributed by atoms with Gasteiger partial charge in [-0.2, -0.15) is 0 Å². The zero-order chi connectivity index (χ0) is 10.1. The molecular formula is C11H13ClIN. The molecule has 1 aliphatic rings. The van der Waals surface area contributed by atoms with Gasteiger partial charge in [-0.3, -0.25) is 0 Å². The lowest BCUT2D eigenvalue weighted by atomic mass is 9.95. The van der Waals surface area contributed by atoms with Crippen molar-refractivity contribution in [2.45, 2.75) is 31.2 Å². The fraction of sp³-hybridized carbons (Fsp3) is 0.455. The second-order valence-corrected chi connectivity index (χ2v) is 5.33. The zero-order valence-corrected chi connectivity index (χ0v) is 10.8. The van der Waals surface area contributed by atoms with Gasteiger partial charge in [0.25, 0.3) is 0 Å². The average molecular weight is 322 g/mol. The van der Waals surface area contributed by atoms with Crippen LogP contribution >= 0.6 is 34.2 Å². The number of hydrogen-bond acceptors (Lipinski definition) is 1. The van der Waals surface area contributed by atoms with E-state index in [1.54, 1.807) is 0 Å². The molecule has 1 nitrogen and oxygen atoms in total. The van der Waals surface area contributed by atoms with Crippen LogP contribution in [0.15, 0.2) is 18.2 Å². The molecule has 3 heteroatoms. The van der Waals surface area contributed by atoms with Gasteiger partial charge >= 0.3 is 0 Å². The molecule has 1 fully saturated rings. The van der Waals surface area contributed by atoms with Crippen molar-refractivity contribution in [1.82, 2.24) is 0 Å². The molecule has 0 radical (unpaired) electrons. The van der Waals surface area contributed by atoms with Crippen LogP contribution < -0.4 is 5.73 Å². The zero-order valence-electron chi connectivity index (χ0n) is 7.84.